The molecule has 0 N–H and O–H groups in total. The fraction of sp³-hybridized carbons (Fsp3) is 0.667. The number of likely N-dealkylation sites (N-methyl/N-ethyl adjacent to an activating group) is 1. The number of hydrogen-bond donors (Lipinski definition) is 0. The van der Waals surface area contributed by atoms with Gasteiger partial charge in [-0.2, -0.15) is 0 Å². The zero-order chi connectivity index (χ0) is 6.85. The van der Waals surface area contributed by atoms with Crippen LogP contribution in [0.5, 0.6) is 0 Å². The van der Waals surface area contributed by atoms with Crippen LogP contribution in [0.4, 0.5) is 0 Å². The molecule has 3 heteroatoms. The maximum Gasteiger partial charge on any atom is 0.112 e. The van der Waals surface area contributed by atoms with Gasteiger partial charge in [-0.15, -0.1) is 16.7 Å². The molecule has 1 aliphatic heterocycles. The van der Waals surface area contributed by atoms with Gasteiger partial charge < -0.3 is 4.84 Å². The van der Waals surface area contributed by atoms with Crippen LogP contribution in [-0.2, 0) is 4.84 Å². The van der Waals surface area contributed by atoms with Gasteiger partial charge in [-0.1, -0.05) is 0 Å². The number of nitrogens with zero attached hydrogens (tertiary/aromatic N) is 1. The van der Waals surface area contributed by atoms with E-state index in [1.807, 2.05) is 14.0 Å². The summed E-state index contributed by atoms with van der Waals surface area (Å²) in [5.41, 5.74) is 1.19. The molecule has 0 aromatic heterocycles. The van der Waals surface area contributed by atoms with E-state index in [1.54, 1.807) is 11.3 Å². The van der Waals surface area contributed by atoms with E-state index in [4.69, 9.17) is 16.4 Å². The minimum absolute atomic E-state index is 0.270. The van der Waals surface area contributed by atoms with Crippen LogP contribution in [0.25, 0.3) is 0 Å². The summed E-state index contributed by atoms with van der Waals surface area (Å²) >= 11 is 5.64. The smallest absolute Gasteiger partial charge is 0.112 e. The maximum absolute atomic E-state index is 5.64. The highest BCUT2D eigenvalue weighted by Crippen LogP contribution is 2.17. The van der Waals surface area contributed by atoms with Crippen LogP contribution < -0.4 is 0 Å². The Morgan fingerprint density at radius 2 is 2.56 bits per heavy atom. The molecule has 0 bridgehead atoms. The first kappa shape index (κ1) is 6.90. The fourth-order valence-corrected chi connectivity index (χ4v) is 1.26. The van der Waals surface area contributed by atoms with Gasteiger partial charge >= 0.3 is 0 Å². The maximum atomic E-state index is 5.64. The molecule has 1 unspecified atom stereocenters. The molecule has 0 fully saturated rings. The Bertz CT molecular complexity index is 135. The Labute approximate surface area is 60.0 Å². The lowest BCUT2D eigenvalue weighted by Crippen LogP contribution is -2.27. The SMILES string of the molecule is CC1=CON(C)C1CCl. The van der Waals surface area contributed by atoms with Crippen molar-refractivity contribution in [1.29, 1.82) is 0 Å². The topological polar surface area (TPSA) is 12.5 Å². The fourth-order valence-electron chi connectivity index (χ4n) is 0.824. The first-order chi connectivity index (χ1) is 4.25. The molecule has 1 aliphatic rings. The molecule has 1 rings (SSSR count). The third kappa shape index (κ3) is 1.19. The van der Waals surface area contributed by atoms with Crippen LogP contribution in [0.15, 0.2) is 11.8 Å². The Morgan fingerprint density at radius 1 is 1.89 bits per heavy atom. The average Bonchev–Trinajstić information content (AvgIpc) is 2.12. The minimum atomic E-state index is 0.270. The summed E-state index contributed by atoms with van der Waals surface area (Å²) in [7, 11) is 1.88. The molecule has 0 radical (unpaired) electrons. The lowest BCUT2D eigenvalue weighted by Gasteiger charge is -2.15. The van der Waals surface area contributed by atoms with Crippen molar-refractivity contribution in [3.05, 3.63) is 11.8 Å². The Kier molecular flexibility index (Phi) is 1.98. The molecule has 0 aliphatic carbocycles. The molecule has 0 spiro atoms. The van der Waals surface area contributed by atoms with Gasteiger partial charge in [0, 0.05) is 12.9 Å². The zero-order valence-corrected chi connectivity index (χ0v) is 6.35. The molecule has 1 heterocycles. The van der Waals surface area contributed by atoms with Crippen LogP contribution in [0.3, 0.4) is 0 Å². The predicted octanol–water partition coefficient (Wildman–Crippen LogP) is 1.37. The van der Waals surface area contributed by atoms with E-state index < -0.39 is 0 Å². The summed E-state index contributed by atoms with van der Waals surface area (Å²) in [6.07, 6.45) is 1.73. The molecule has 0 amide bonds. The Balaban J connectivity index is 2.57. The minimum Gasteiger partial charge on any atom is -0.413 e. The highest BCUT2D eigenvalue weighted by atomic mass is 35.5. The molecule has 2 nitrogen and oxygen atoms in total. The summed E-state index contributed by atoms with van der Waals surface area (Å²) in [4.78, 5) is 5.06. The summed E-state index contributed by atoms with van der Waals surface area (Å²) in [6.45, 7) is 2.01. The van der Waals surface area contributed by atoms with Gasteiger partial charge in [0.25, 0.3) is 0 Å². The summed E-state index contributed by atoms with van der Waals surface area (Å²) in [6, 6.07) is 0.270. The Hall–Kier alpha value is -0.210. The van der Waals surface area contributed by atoms with Gasteiger partial charge in [-0.05, 0) is 12.5 Å². The molecular weight excluding hydrogens is 138 g/mol. The van der Waals surface area contributed by atoms with Crippen LogP contribution in [0.2, 0.25) is 0 Å². The molecule has 0 saturated carbocycles. The molecule has 9 heavy (non-hydrogen) atoms. The third-order valence-electron chi connectivity index (χ3n) is 1.52. The second-order valence-electron chi connectivity index (χ2n) is 2.18. The van der Waals surface area contributed by atoms with Crippen molar-refractivity contribution in [2.45, 2.75) is 13.0 Å². The lowest BCUT2D eigenvalue weighted by molar-refractivity contribution is -0.0740. The number of alkyl halides is 1. The Morgan fingerprint density at radius 3 is 2.78 bits per heavy atom. The van der Waals surface area contributed by atoms with Crippen molar-refractivity contribution >= 4 is 11.6 Å². The number of rotatable bonds is 1. The molecule has 0 saturated heterocycles. The monoisotopic (exact) mass is 147 g/mol. The van der Waals surface area contributed by atoms with E-state index in [9.17, 15) is 0 Å². The first-order valence-electron chi connectivity index (χ1n) is 2.88. The third-order valence-corrected chi connectivity index (χ3v) is 1.81. The van der Waals surface area contributed by atoms with Crippen molar-refractivity contribution in [3.63, 3.8) is 0 Å². The van der Waals surface area contributed by atoms with Crippen molar-refractivity contribution < 1.29 is 4.84 Å². The van der Waals surface area contributed by atoms with Gasteiger partial charge in [0.2, 0.25) is 0 Å². The van der Waals surface area contributed by atoms with E-state index in [1.165, 1.54) is 5.57 Å². The van der Waals surface area contributed by atoms with Gasteiger partial charge in [0.1, 0.15) is 6.26 Å². The highest BCUT2D eigenvalue weighted by Gasteiger charge is 2.21. The van der Waals surface area contributed by atoms with E-state index in [0.717, 1.165) is 0 Å². The number of hydroxylamine groups is 2. The average molecular weight is 148 g/mol. The molecule has 0 aromatic carbocycles. The molecule has 0 aromatic rings. The van der Waals surface area contributed by atoms with E-state index in [0.29, 0.717) is 5.88 Å². The standard InChI is InChI=1S/C6H10ClNO/c1-5-4-9-8(2)6(5)3-7/h4,6H,3H2,1-2H3. The quantitative estimate of drug-likeness (QED) is 0.520. The second-order valence-corrected chi connectivity index (χ2v) is 2.49. The largest absolute Gasteiger partial charge is 0.413 e. The number of halogens is 1. The van der Waals surface area contributed by atoms with Crippen molar-refractivity contribution in [2.75, 3.05) is 12.9 Å². The van der Waals surface area contributed by atoms with Gasteiger partial charge in [-0.3, -0.25) is 0 Å². The zero-order valence-electron chi connectivity index (χ0n) is 5.60. The van der Waals surface area contributed by atoms with Gasteiger partial charge in [-0.25, -0.2) is 0 Å². The van der Waals surface area contributed by atoms with Crippen LogP contribution in [0.1, 0.15) is 6.92 Å². The predicted molar refractivity (Wildman–Crippen MR) is 37.1 cm³/mol. The second kappa shape index (κ2) is 2.58. The lowest BCUT2D eigenvalue weighted by atomic mass is 10.2. The summed E-state index contributed by atoms with van der Waals surface area (Å²) < 4.78 is 0. The summed E-state index contributed by atoms with van der Waals surface area (Å²) in [5.74, 6) is 0.596. The van der Waals surface area contributed by atoms with Crippen molar-refractivity contribution in [3.8, 4) is 0 Å². The first-order valence-corrected chi connectivity index (χ1v) is 3.41. The van der Waals surface area contributed by atoms with Crippen LogP contribution >= 0.6 is 11.6 Å². The van der Waals surface area contributed by atoms with Gasteiger partial charge in [0.15, 0.2) is 0 Å². The van der Waals surface area contributed by atoms with Crippen LogP contribution in [-0.4, -0.2) is 24.0 Å². The van der Waals surface area contributed by atoms with E-state index in [-0.39, 0.29) is 6.04 Å². The molecule has 52 valence electrons. The highest BCUT2D eigenvalue weighted by molar-refractivity contribution is 6.18. The van der Waals surface area contributed by atoms with E-state index >= 15 is 0 Å². The van der Waals surface area contributed by atoms with Crippen molar-refractivity contribution in [1.82, 2.24) is 5.06 Å². The van der Waals surface area contributed by atoms with Crippen molar-refractivity contribution in [2.24, 2.45) is 0 Å². The molecule has 1 atom stereocenters. The number of hydrogen-bond acceptors (Lipinski definition) is 2. The van der Waals surface area contributed by atoms with Gasteiger partial charge in [0.05, 0.1) is 6.04 Å². The normalized spacial score (nSPS) is 27.9. The van der Waals surface area contributed by atoms with Crippen LogP contribution in [0, 0.1) is 0 Å². The van der Waals surface area contributed by atoms with E-state index in [2.05, 4.69) is 0 Å². The molecular formula is C6H10ClNO. The summed E-state index contributed by atoms with van der Waals surface area (Å²) in [5, 5.41) is 1.75.